The molecular formula is C23H21F2N5O3. The van der Waals surface area contributed by atoms with E-state index in [4.69, 9.17) is 15.2 Å². The van der Waals surface area contributed by atoms with Crippen molar-refractivity contribution in [2.45, 2.75) is 24.9 Å². The molecule has 2 aromatic heterocycles. The van der Waals surface area contributed by atoms with Crippen molar-refractivity contribution in [3.8, 4) is 22.8 Å². The molecule has 0 bridgehead atoms. The summed E-state index contributed by atoms with van der Waals surface area (Å²) in [6.45, 7) is 0.256. The summed E-state index contributed by atoms with van der Waals surface area (Å²) in [4.78, 5) is 8.60. The lowest BCUT2D eigenvalue weighted by atomic mass is 9.98. The van der Waals surface area contributed by atoms with Gasteiger partial charge in [-0.05, 0) is 37.1 Å². The maximum Gasteiger partial charge on any atom is 0.201 e. The van der Waals surface area contributed by atoms with Gasteiger partial charge in [-0.1, -0.05) is 18.2 Å². The highest BCUT2D eigenvalue weighted by atomic mass is 19.2. The van der Waals surface area contributed by atoms with Gasteiger partial charge in [0.15, 0.2) is 17.4 Å². The first kappa shape index (κ1) is 21.2. The monoisotopic (exact) mass is 453 g/mol. The average molecular weight is 453 g/mol. The van der Waals surface area contributed by atoms with Gasteiger partial charge in [0.2, 0.25) is 5.82 Å². The van der Waals surface area contributed by atoms with Crippen molar-refractivity contribution < 1.29 is 23.4 Å². The molecule has 170 valence electrons. The largest absolute Gasteiger partial charge is 0.454 e. The van der Waals surface area contributed by atoms with E-state index in [1.807, 2.05) is 0 Å². The smallest absolute Gasteiger partial charge is 0.201 e. The number of aliphatic hydroxyl groups is 1. The van der Waals surface area contributed by atoms with E-state index in [2.05, 4.69) is 15.1 Å². The van der Waals surface area contributed by atoms with Crippen LogP contribution >= 0.6 is 0 Å². The fraction of sp³-hybridized carbons (Fsp3) is 0.261. The van der Waals surface area contributed by atoms with Gasteiger partial charge in [0.05, 0.1) is 19.3 Å². The molecule has 1 fully saturated rings. The highest BCUT2D eigenvalue weighted by molar-refractivity contribution is 5.85. The van der Waals surface area contributed by atoms with Crippen LogP contribution in [0.5, 0.6) is 11.5 Å². The number of rotatable bonds is 5. The van der Waals surface area contributed by atoms with Crippen molar-refractivity contribution in [3.63, 3.8) is 0 Å². The maximum atomic E-state index is 15.2. The molecular weight excluding hydrogens is 432 g/mol. The van der Waals surface area contributed by atoms with Gasteiger partial charge in [-0.3, -0.25) is 0 Å². The van der Waals surface area contributed by atoms with E-state index in [1.54, 1.807) is 30.3 Å². The number of aromatic nitrogens is 4. The lowest BCUT2D eigenvalue weighted by Gasteiger charge is -2.26. The van der Waals surface area contributed by atoms with Crippen molar-refractivity contribution in [3.05, 3.63) is 66.3 Å². The molecule has 2 atom stereocenters. The van der Waals surface area contributed by atoms with E-state index in [1.165, 1.54) is 23.0 Å². The van der Waals surface area contributed by atoms with Crippen LogP contribution in [0.4, 0.5) is 14.6 Å². The zero-order chi connectivity index (χ0) is 22.9. The summed E-state index contributed by atoms with van der Waals surface area (Å²) in [6, 6.07) is 11.3. The van der Waals surface area contributed by atoms with Crippen molar-refractivity contribution in [1.29, 1.82) is 0 Å². The summed E-state index contributed by atoms with van der Waals surface area (Å²) in [5, 5.41) is 13.6. The van der Waals surface area contributed by atoms with Crippen LogP contribution in [0.25, 0.3) is 16.8 Å². The van der Waals surface area contributed by atoms with Crippen molar-refractivity contribution in [2.75, 3.05) is 18.9 Å². The minimum absolute atomic E-state index is 0.0582. The molecule has 8 nitrogen and oxygen atoms in total. The number of anilines is 1. The number of hydrogen-bond acceptors (Lipinski definition) is 7. The van der Waals surface area contributed by atoms with Crippen LogP contribution in [0.1, 0.15) is 24.6 Å². The number of ether oxygens (including phenoxy) is 2. The second-order valence-corrected chi connectivity index (χ2v) is 7.79. The van der Waals surface area contributed by atoms with E-state index in [0.717, 1.165) is 0 Å². The molecule has 2 aromatic carbocycles. The summed E-state index contributed by atoms with van der Waals surface area (Å²) in [6.07, 6.45) is 2.38. The SMILES string of the molecule is Nc1ncnn2c([C@@H]3CC[C@@H](CO)OC3)nc(-c3ccc(Oc4ccccc4)c(F)c3F)c12. The molecule has 3 heterocycles. The number of nitrogens with zero attached hydrogens (tertiary/aromatic N) is 4. The Labute approximate surface area is 187 Å². The first-order valence-corrected chi connectivity index (χ1v) is 10.5. The van der Waals surface area contributed by atoms with Gasteiger partial charge in [-0.15, -0.1) is 0 Å². The van der Waals surface area contributed by atoms with Crippen molar-refractivity contribution in [1.82, 2.24) is 19.6 Å². The number of halogens is 2. The van der Waals surface area contributed by atoms with E-state index in [-0.39, 0.29) is 47.0 Å². The summed E-state index contributed by atoms with van der Waals surface area (Å²) in [5.41, 5.74) is 6.42. The minimum atomic E-state index is -1.14. The molecule has 0 unspecified atom stereocenters. The first-order valence-electron chi connectivity index (χ1n) is 10.5. The molecule has 1 aliphatic heterocycles. The van der Waals surface area contributed by atoms with Gasteiger partial charge >= 0.3 is 0 Å². The van der Waals surface area contributed by atoms with Crippen molar-refractivity contribution >= 4 is 11.3 Å². The standard InChI is InChI=1S/C23H21F2N5O3/c24-18-16(8-9-17(19(18)25)33-14-4-2-1-3-5-14)20-21-22(26)27-12-28-30(21)23(29-20)13-6-7-15(10-31)32-11-13/h1-5,8-9,12-13,15,31H,6-7,10-11H2,(H2,26,27,28)/t13-,15+/m1/s1. The highest BCUT2D eigenvalue weighted by Gasteiger charge is 2.30. The van der Waals surface area contributed by atoms with Gasteiger partial charge < -0.3 is 20.3 Å². The number of imidazole rings is 1. The Kier molecular flexibility index (Phi) is 5.61. The first-order chi connectivity index (χ1) is 16.1. The van der Waals surface area contributed by atoms with Crippen LogP contribution in [-0.4, -0.2) is 44.0 Å². The second kappa shape index (κ2) is 8.72. The number of nitrogens with two attached hydrogens (primary N) is 1. The Balaban J connectivity index is 1.57. The van der Waals surface area contributed by atoms with Gasteiger partial charge in [-0.25, -0.2) is 18.9 Å². The van der Waals surface area contributed by atoms with Crippen molar-refractivity contribution in [2.24, 2.45) is 0 Å². The topological polar surface area (TPSA) is 108 Å². The zero-order valence-corrected chi connectivity index (χ0v) is 17.5. The lowest BCUT2D eigenvalue weighted by molar-refractivity contribution is -0.0284. The molecule has 0 amide bonds. The molecule has 10 heteroatoms. The summed E-state index contributed by atoms with van der Waals surface area (Å²) in [7, 11) is 0. The molecule has 1 aliphatic rings. The summed E-state index contributed by atoms with van der Waals surface area (Å²) >= 11 is 0. The van der Waals surface area contributed by atoms with Gasteiger partial charge in [0.1, 0.15) is 29.1 Å². The lowest BCUT2D eigenvalue weighted by Crippen LogP contribution is -2.28. The molecule has 0 aliphatic carbocycles. The number of para-hydroxylation sites is 1. The fourth-order valence-electron chi connectivity index (χ4n) is 3.99. The third kappa shape index (κ3) is 3.87. The van der Waals surface area contributed by atoms with E-state index >= 15 is 4.39 Å². The number of hydrogen-bond donors (Lipinski definition) is 2. The van der Waals surface area contributed by atoms with Crippen LogP contribution in [0, 0.1) is 11.6 Å². The third-order valence-corrected chi connectivity index (χ3v) is 5.70. The summed E-state index contributed by atoms with van der Waals surface area (Å²) in [5.74, 6) is -1.67. The maximum absolute atomic E-state index is 15.2. The van der Waals surface area contributed by atoms with Crippen LogP contribution in [0.15, 0.2) is 48.8 Å². The van der Waals surface area contributed by atoms with Crippen LogP contribution in [0.3, 0.4) is 0 Å². The average Bonchev–Trinajstić information content (AvgIpc) is 3.24. The molecule has 0 spiro atoms. The van der Waals surface area contributed by atoms with Crippen LogP contribution in [0.2, 0.25) is 0 Å². The van der Waals surface area contributed by atoms with Gasteiger partial charge in [0.25, 0.3) is 0 Å². The molecule has 4 aromatic rings. The predicted octanol–water partition coefficient (Wildman–Crippen LogP) is 3.70. The molecule has 33 heavy (non-hydrogen) atoms. The van der Waals surface area contributed by atoms with E-state index in [0.29, 0.717) is 31.0 Å². The van der Waals surface area contributed by atoms with Gasteiger partial charge in [-0.2, -0.15) is 9.49 Å². The Hall–Kier alpha value is -3.63. The zero-order valence-electron chi connectivity index (χ0n) is 17.5. The normalized spacial score (nSPS) is 18.5. The Morgan fingerprint density at radius 2 is 1.94 bits per heavy atom. The fourth-order valence-corrected chi connectivity index (χ4v) is 3.99. The van der Waals surface area contributed by atoms with E-state index in [9.17, 15) is 9.50 Å². The number of nitrogen functional groups attached to an aromatic ring is 1. The Morgan fingerprint density at radius 1 is 1.12 bits per heavy atom. The Morgan fingerprint density at radius 3 is 2.67 bits per heavy atom. The quantitative estimate of drug-likeness (QED) is 0.474. The molecule has 1 saturated heterocycles. The minimum Gasteiger partial charge on any atom is -0.454 e. The molecule has 3 N–H and O–H groups in total. The summed E-state index contributed by atoms with van der Waals surface area (Å²) < 4.78 is 42.8. The number of fused-ring (bicyclic) bond motifs is 1. The third-order valence-electron chi connectivity index (χ3n) is 5.70. The number of benzene rings is 2. The van der Waals surface area contributed by atoms with Crippen LogP contribution < -0.4 is 10.5 Å². The van der Waals surface area contributed by atoms with E-state index < -0.39 is 11.6 Å². The predicted molar refractivity (Wildman–Crippen MR) is 116 cm³/mol. The molecule has 5 rings (SSSR count). The highest BCUT2D eigenvalue weighted by Crippen LogP contribution is 2.37. The van der Waals surface area contributed by atoms with Crippen LogP contribution in [-0.2, 0) is 4.74 Å². The van der Waals surface area contributed by atoms with Gasteiger partial charge in [0, 0.05) is 11.5 Å². The molecule has 0 radical (unpaired) electrons. The molecule has 0 saturated carbocycles. The Bertz CT molecular complexity index is 1290. The second-order valence-electron chi connectivity index (χ2n) is 7.79. The number of aliphatic hydroxyl groups excluding tert-OH is 1.